The van der Waals surface area contributed by atoms with E-state index in [1.165, 1.54) is 5.01 Å². The van der Waals surface area contributed by atoms with Crippen LogP contribution in [-0.4, -0.2) is 35.5 Å². The molecule has 1 saturated heterocycles. The minimum Gasteiger partial charge on any atom is -0.393 e. The Bertz CT molecular complexity index is 146. The van der Waals surface area contributed by atoms with Gasteiger partial charge in [0.05, 0.1) is 11.9 Å². The first-order valence-corrected chi connectivity index (χ1v) is 3.58. The summed E-state index contributed by atoms with van der Waals surface area (Å²) >= 11 is 0. The molecule has 11 heavy (non-hydrogen) atoms. The zero-order chi connectivity index (χ0) is 8.32. The van der Waals surface area contributed by atoms with Crippen LogP contribution in [-0.2, 0) is 0 Å². The Kier molecular flexibility index (Phi) is 2.38. The summed E-state index contributed by atoms with van der Waals surface area (Å²) in [5, 5.41) is 12.6. The molecule has 5 heteroatoms. The minimum absolute atomic E-state index is 0.190. The second kappa shape index (κ2) is 3.13. The molecule has 0 unspecified atom stereocenters. The third kappa shape index (κ3) is 1.86. The van der Waals surface area contributed by atoms with Gasteiger partial charge in [-0.3, -0.25) is 5.01 Å². The molecule has 1 aliphatic heterocycles. The van der Waals surface area contributed by atoms with E-state index in [2.05, 4.69) is 5.29 Å². The molecular weight excluding hydrogens is 151 g/mol. The lowest BCUT2D eigenvalue weighted by Gasteiger charge is -2.31. The molecule has 1 rings (SSSR count). The molecule has 1 heterocycles. The third-order valence-electron chi connectivity index (χ3n) is 2.03. The molecule has 0 spiro atoms. The van der Waals surface area contributed by atoms with Crippen molar-refractivity contribution in [2.75, 3.05) is 19.7 Å². The summed E-state index contributed by atoms with van der Waals surface area (Å²) in [5.74, 6) is 0. The van der Waals surface area contributed by atoms with Gasteiger partial charge in [-0.05, 0) is 0 Å². The molecule has 1 N–H and O–H groups in total. The lowest BCUT2D eigenvalue weighted by atomic mass is 9.95. The van der Waals surface area contributed by atoms with Crippen LogP contribution >= 0.6 is 0 Å². The maximum Gasteiger partial charge on any atom is 0.137 e. The quantitative estimate of drug-likeness (QED) is 0.600. The number of nitroso groups, excluding NO2 is 1. The Hall–Kier alpha value is -0.710. The number of aliphatic hydroxyl groups excluding tert-OH is 1. The van der Waals surface area contributed by atoms with Crippen molar-refractivity contribution in [1.29, 1.82) is 0 Å². The first-order chi connectivity index (χ1) is 5.20. The van der Waals surface area contributed by atoms with E-state index in [-0.39, 0.29) is 12.8 Å². The Balaban J connectivity index is 2.40. The Morgan fingerprint density at radius 2 is 2.09 bits per heavy atom. The van der Waals surface area contributed by atoms with Gasteiger partial charge in [0.1, 0.15) is 5.67 Å². The second-order valence-corrected chi connectivity index (χ2v) is 2.84. The molecule has 1 fully saturated rings. The van der Waals surface area contributed by atoms with E-state index in [4.69, 9.17) is 5.11 Å². The van der Waals surface area contributed by atoms with E-state index >= 15 is 0 Å². The average Bonchev–Trinajstić information content (AvgIpc) is 2.06. The van der Waals surface area contributed by atoms with E-state index in [0.717, 1.165) is 0 Å². The van der Waals surface area contributed by atoms with E-state index in [9.17, 15) is 9.30 Å². The normalized spacial score (nSPS) is 23.3. The summed E-state index contributed by atoms with van der Waals surface area (Å²) in [6.07, 6.45) is 0.379. The van der Waals surface area contributed by atoms with Crippen molar-refractivity contribution >= 4 is 0 Å². The molecule has 0 aromatic carbocycles. The smallest absolute Gasteiger partial charge is 0.137 e. The minimum atomic E-state index is -1.48. The molecule has 0 aromatic rings. The molecule has 0 aliphatic carbocycles. The fourth-order valence-electron chi connectivity index (χ4n) is 1.14. The van der Waals surface area contributed by atoms with Crippen LogP contribution in [0.1, 0.15) is 12.8 Å². The van der Waals surface area contributed by atoms with Crippen LogP contribution in [0, 0.1) is 4.91 Å². The summed E-state index contributed by atoms with van der Waals surface area (Å²) in [5.41, 5.74) is -1.48. The van der Waals surface area contributed by atoms with Crippen molar-refractivity contribution in [3.8, 4) is 0 Å². The second-order valence-electron chi connectivity index (χ2n) is 2.84. The van der Waals surface area contributed by atoms with Crippen LogP contribution in [0.2, 0.25) is 0 Å². The van der Waals surface area contributed by atoms with Crippen LogP contribution in [0.3, 0.4) is 0 Å². The average molecular weight is 162 g/mol. The topological polar surface area (TPSA) is 52.9 Å². The van der Waals surface area contributed by atoms with Gasteiger partial charge < -0.3 is 5.11 Å². The number of rotatable bonds is 2. The number of hydrogen-bond acceptors (Lipinski definition) is 3. The first kappa shape index (κ1) is 8.39. The maximum atomic E-state index is 13.2. The molecule has 64 valence electrons. The van der Waals surface area contributed by atoms with E-state index in [1.54, 1.807) is 0 Å². The fraction of sp³-hybridized carbons (Fsp3) is 1.00. The molecule has 0 bridgehead atoms. The molecule has 0 atom stereocenters. The summed E-state index contributed by atoms with van der Waals surface area (Å²) in [6, 6.07) is 0. The summed E-state index contributed by atoms with van der Waals surface area (Å²) in [6.45, 7) is 0.154. The highest BCUT2D eigenvalue weighted by Gasteiger charge is 2.33. The molecule has 0 saturated carbocycles. The van der Waals surface area contributed by atoms with Gasteiger partial charge in [0.15, 0.2) is 0 Å². The number of hydrogen-bond donors (Lipinski definition) is 1. The van der Waals surface area contributed by atoms with Crippen LogP contribution < -0.4 is 0 Å². The van der Waals surface area contributed by atoms with Gasteiger partial charge in [-0.1, -0.05) is 0 Å². The predicted octanol–water partition coefficient (Wildman–Crippen LogP) is 0.464. The third-order valence-corrected chi connectivity index (χ3v) is 2.03. The molecular formula is C6H11FN2O2. The van der Waals surface area contributed by atoms with Crippen molar-refractivity contribution in [1.82, 2.24) is 5.01 Å². The maximum absolute atomic E-state index is 13.2. The summed E-state index contributed by atoms with van der Waals surface area (Å²) in [7, 11) is 0. The summed E-state index contributed by atoms with van der Waals surface area (Å²) < 4.78 is 13.2. The molecule has 0 radical (unpaired) electrons. The highest BCUT2D eigenvalue weighted by Crippen LogP contribution is 2.25. The number of piperidine rings is 1. The SMILES string of the molecule is O=NN1CCC(F)(CO)CC1. The van der Waals surface area contributed by atoms with Crippen molar-refractivity contribution in [3.05, 3.63) is 4.91 Å². The first-order valence-electron chi connectivity index (χ1n) is 3.58. The predicted molar refractivity (Wildman–Crippen MR) is 37.5 cm³/mol. The zero-order valence-corrected chi connectivity index (χ0v) is 6.16. The van der Waals surface area contributed by atoms with E-state index in [0.29, 0.717) is 13.1 Å². The number of aliphatic hydroxyl groups is 1. The van der Waals surface area contributed by atoms with E-state index in [1.807, 2.05) is 0 Å². The van der Waals surface area contributed by atoms with Crippen LogP contribution in [0.25, 0.3) is 0 Å². The van der Waals surface area contributed by atoms with Gasteiger partial charge >= 0.3 is 0 Å². The Morgan fingerprint density at radius 1 is 1.55 bits per heavy atom. The Morgan fingerprint density at radius 3 is 2.45 bits per heavy atom. The fourth-order valence-corrected chi connectivity index (χ4v) is 1.14. The highest BCUT2D eigenvalue weighted by atomic mass is 19.1. The lowest BCUT2D eigenvalue weighted by Crippen LogP contribution is -2.41. The highest BCUT2D eigenvalue weighted by molar-refractivity contribution is 4.84. The van der Waals surface area contributed by atoms with Crippen molar-refractivity contribution in [3.63, 3.8) is 0 Å². The zero-order valence-electron chi connectivity index (χ0n) is 6.16. The molecule has 1 aliphatic rings. The van der Waals surface area contributed by atoms with Gasteiger partial charge in [-0.15, -0.1) is 4.91 Å². The van der Waals surface area contributed by atoms with Gasteiger partial charge in [-0.25, -0.2) is 4.39 Å². The van der Waals surface area contributed by atoms with Gasteiger partial charge in [0.2, 0.25) is 0 Å². The Labute approximate surface area is 63.9 Å². The largest absolute Gasteiger partial charge is 0.393 e. The van der Waals surface area contributed by atoms with Crippen LogP contribution in [0.4, 0.5) is 4.39 Å². The monoisotopic (exact) mass is 162 g/mol. The molecule has 0 amide bonds. The van der Waals surface area contributed by atoms with Crippen LogP contribution in [0.5, 0.6) is 0 Å². The molecule has 0 aromatic heterocycles. The standard InChI is InChI=1S/C6H11FN2O2/c7-6(5-10)1-3-9(8-11)4-2-6/h10H,1-5H2. The van der Waals surface area contributed by atoms with Crippen LogP contribution in [0.15, 0.2) is 5.29 Å². The van der Waals surface area contributed by atoms with Gasteiger partial charge in [-0.2, -0.15) is 0 Å². The van der Waals surface area contributed by atoms with E-state index < -0.39 is 12.3 Å². The van der Waals surface area contributed by atoms with Crippen molar-refractivity contribution < 1.29 is 9.50 Å². The van der Waals surface area contributed by atoms with Crippen molar-refractivity contribution in [2.24, 2.45) is 5.29 Å². The van der Waals surface area contributed by atoms with Crippen molar-refractivity contribution in [2.45, 2.75) is 18.5 Å². The lowest BCUT2D eigenvalue weighted by molar-refractivity contribution is 0.00896. The van der Waals surface area contributed by atoms with Gasteiger partial charge in [0.25, 0.3) is 0 Å². The van der Waals surface area contributed by atoms with Gasteiger partial charge in [0, 0.05) is 25.9 Å². The molecule has 4 nitrogen and oxygen atoms in total. The number of nitrogens with zero attached hydrogens (tertiary/aromatic N) is 2. The summed E-state index contributed by atoms with van der Waals surface area (Å²) in [4.78, 5) is 9.95. The number of alkyl halides is 1. The number of halogens is 1.